The zero-order valence-corrected chi connectivity index (χ0v) is 18.3. The predicted octanol–water partition coefficient (Wildman–Crippen LogP) is 1.60. The van der Waals surface area contributed by atoms with E-state index in [1.807, 2.05) is 35.3 Å². The minimum Gasteiger partial charge on any atom is -0.383 e. The lowest BCUT2D eigenvalue weighted by molar-refractivity contribution is -0.122. The average Bonchev–Trinajstić information content (AvgIpc) is 3.46. The zero-order valence-electron chi connectivity index (χ0n) is 17.5. The lowest BCUT2D eigenvalue weighted by Gasteiger charge is -2.13. The SMILES string of the molecule is COCCNC(=O)c1nnc(CCCCN2CC(C(=O)NCc3ccccc3)N=N2)s1. The first-order chi connectivity index (χ1) is 15.2. The molecule has 10 nitrogen and oxygen atoms in total. The standard InChI is InChI=1S/C20H27N7O3S/c1-30-12-10-21-19(29)20-25-24-17(31-20)9-5-6-11-27-14-16(23-26-27)18(28)22-13-15-7-3-2-4-8-15/h2-4,7-8,16H,5-6,9-14H2,1H3,(H,21,29)(H,22,28). The van der Waals surface area contributed by atoms with Crippen LogP contribution >= 0.6 is 11.3 Å². The van der Waals surface area contributed by atoms with Crippen molar-refractivity contribution in [2.75, 3.05) is 33.4 Å². The number of aromatic nitrogens is 2. The van der Waals surface area contributed by atoms with Crippen molar-refractivity contribution >= 4 is 23.2 Å². The Bertz CT molecular complexity index is 875. The zero-order chi connectivity index (χ0) is 21.9. The van der Waals surface area contributed by atoms with Crippen molar-refractivity contribution in [3.8, 4) is 0 Å². The molecule has 1 aliphatic rings. The summed E-state index contributed by atoms with van der Waals surface area (Å²) >= 11 is 1.31. The second-order valence-electron chi connectivity index (χ2n) is 7.04. The topological polar surface area (TPSA) is 121 Å². The van der Waals surface area contributed by atoms with Gasteiger partial charge in [0, 0.05) is 33.2 Å². The van der Waals surface area contributed by atoms with Crippen LogP contribution in [0, 0.1) is 0 Å². The molecule has 0 saturated carbocycles. The van der Waals surface area contributed by atoms with E-state index < -0.39 is 6.04 Å². The third kappa shape index (κ3) is 7.37. The highest BCUT2D eigenvalue weighted by Crippen LogP contribution is 2.14. The van der Waals surface area contributed by atoms with E-state index in [0.29, 0.717) is 31.2 Å². The molecule has 0 aliphatic carbocycles. The van der Waals surface area contributed by atoms with Gasteiger partial charge in [-0.2, -0.15) is 5.11 Å². The molecule has 2 N–H and O–H groups in total. The maximum Gasteiger partial charge on any atom is 0.282 e. The van der Waals surface area contributed by atoms with Gasteiger partial charge < -0.3 is 15.4 Å². The molecule has 1 atom stereocenters. The molecule has 0 fully saturated rings. The molecule has 2 aromatic rings. The predicted molar refractivity (Wildman–Crippen MR) is 116 cm³/mol. The monoisotopic (exact) mass is 445 g/mol. The quantitative estimate of drug-likeness (QED) is 0.479. The number of hydrogen-bond donors (Lipinski definition) is 2. The molecule has 0 bridgehead atoms. The molecule has 2 amide bonds. The third-order valence-corrected chi connectivity index (χ3v) is 5.60. The van der Waals surface area contributed by atoms with Gasteiger partial charge in [0.15, 0.2) is 6.04 Å². The van der Waals surface area contributed by atoms with Crippen molar-refractivity contribution < 1.29 is 14.3 Å². The highest BCUT2D eigenvalue weighted by Gasteiger charge is 2.25. The maximum absolute atomic E-state index is 12.3. The summed E-state index contributed by atoms with van der Waals surface area (Å²) in [6.07, 6.45) is 2.51. The number of unbranched alkanes of at least 4 members (excludes halogenated alkanes) is 1. The third-order valence-electron chi connectivity index (χ3n) is 4.62. The fourth-order valence-corrected chi connectivity index (χ4v) is 3.74. The van der Waals surface area contributed by atoms with Gasteiger partial charge >= 0.3 is 0 Å². The van der Waals surface area contributed by atoms with Gasteiger partial charge in [-0.3, -0.25) is 14.6 Å². The highest BCUT2D eigenvalue weighted by atomic mass is 32.1. The molecule has 11 heteroatoms. The number of aryl methyl sites for hydroxylation is 1. The van der Waals surface area contributed by atoms with Crippen LogP contribution in [-0.4, -0.2) is 66.4 Å². The van der Waals surface area contributed by atoms with Crippen LogP contribution in [0.25, 0.3) is 0 Å². The second-order valence-corrected chi connectivity index (χ2v) is 8.11. The van der Waals surface area contributed by atoms with E-state index in [4.69, 9.17) is 4.74 Å². The first kappa shape index (κ1) is 22.8. The van der Waals surface area contributed by atoms with Gasteiger partial charge in [-0.25, -0.2) is 0 Å². The van der Waals surface area contributed by atoms with Gasteiger partial charge in [0.1, 0.15) is 5.01 Å². The second kappa shape index (κ2) is 12.1. The minimum absolute atomic E-state index is 0.111. The fourth-order valence-electron chi connectivity index (χ4n) is 2.94. The number of ether oxygens (including phenoxy) is 1. The Morgan fingerprint density at radius 3 is 2.84 bits per heavy atom. The molecule has 1 aliphatic heterocycles. The van der Waals surface area contributed by atoms with Crippen LogP contribution in [0.1, 0.15) is 33.2 Å². The summed E-state index contributed by atoms with van der Waals surface area (Å²) in [5.74, 6) is -0.338. The summed E-state index contributed by atoms with van der Waals surface area (Å²) in [5, 5.41) is 24.9. The number of carbonyl (C=O) groups is 2. The molecule has 31 heavy (non-hydrogen) atoms. The van der Waals surface area contributed by atoms with Crippen molar-refractivity contribution in [2.24, 2.45) is 10.3 Å². The van der Waals surface area contributed by atoms with Crippen LogP contribution in [0.3, 0.4) is 0 Å². The summed E-state index contributed by atoms with van der Waals surface area (Å²) in [6, 6.07) is 9.30. The molecule has 166 valence electrons. The molecule has 1 aromatic carbocycles. The lowest BCUT2D eigenvalue weighted by atomic mass is 10.2. The Morgan fingerprint density at radius 2 is 2.03 bits per heavy atom. The molecular weight excluding hydrogens is 418 g/mol. The maximum atomic E-state index is 12.3. The fraction of sp³-hybridized carbons (Fsp3) is 0.500. The number of benzene rings is 1. The van der Waals surface area contributed by atoms with Crippen LogP contribution in [0.4, 0.5) is 0 Å². The normalized spacial score (nSPS) is 15.3. The van der Waals surface area contributed by atoms with Crippen LogP contribution in [0.2, 0.25) is 0 Å². The Morgan fingerprint density at radius 1 is 1.19 bits per heavy atom. The minimum atomic E-state index is -0.467. The van der Waals surface area contributed by atoms with E-state index in [1.165, 1.54) is 11.3 Å². The Balaban J connectivity index is 1.30. The van der Waals surface area contributed by atoms with Crippen LogP contribution < -0.4 is 10.6 Å². The summed E-state index contributed by atoms with van der Waals surface area (Å²) in [4.78, 5) is 24.2. The Hall–Kier alpha value is -2.92. The van der Waals surface area contributed by atoms with E-state index in [2.05, 4.69) is 31.2 Å². The van der Waals surface area contributed by atoms with Crippen molar-refractivity contribution in [1.82, 2.24) is 25.8 Å². The van der Waals surface area contributed by atoms with E-state index >= 15 is 0 Å². The van der Waals surface area contributed by atoms with E-state index in [0.717, 1.165) is 36.4 Å². The number of rotatable bonds is 12. The van der Waals surface area contributed by atoms with E-state index in [1.54, 1.807) is 7.11 Å². The number of nitrogens with one attached hydrogen (secondary N) is 2. The first-order valence-corrected chi connectivity index (χ1v) is 11.0. The first-order valence-electron chi connectivity index (χ1n) is 10.2. The molecule has 0 saturated heterocycles. The molecular formula is C20H27N7O3S. The molecule has 2 heterocycles. The number of amides is 2. The number of methoxy groups -OCH3 is 1. The van der Waals surface area contributed by atoms with Gasteiger partial charge in [0.25, 0.3) is 5.91 Å². The van der Waals surface area contributed by atoms with Gasteiger partial charge in [-0.15, -0.1) is 10.2 Å². The van der Waals surface area contributed by atoms with Crippen LogP contribution in [-0.2, 0) is 22.5 Å². The molecule has 1 aromatic heterocycles. The lowest BCUT2D eigenvalue weighted by Crippen LogP contribution is -2.36. The summed E-state index contributed by atoms with van der Waals surface area (Å²) in [6.45, 7) is 2.60. The molecule has 0 radical (unpaired) electrons. The smallest absolute Gasteiger partial charge is 0.282 e. The largest absolute Gasteiger partial charge is 0.383 e. The van der Waals surface area contributed by atoms with E-state index in [9.17, 15) is 9.59 Å². The van der Waals surface area contributed by atoms with E-state index in [-0.39, 0.29) is 11.8 Å². The number of hydrogen-bond acceptors (Lipinski definition) is 9. The summed E-state index contributed by atoms with van der Waals surface area (Å²) in [5.41, 5.74) is 1.05. The van der Waals surface area contributed by atoms with Crippen molar-refractivity contribution in [3.05, 3.63) is 45.9 Å². The van der Waals surface area contributed by atoms with Gasteiger partial charge in [0.2, 0.25) is 10.9 Å². The molecule has 0 spiro atoms. The average molecular weight is 446 g/mol. The van der Waals surface area contributed by atoms with Gasteiger partial charge in [0.05, 0.1) is 13.2 Å². The number of carbonyl (C=O) groups excluding carboxylic acids is 2. The van der Waals surface area contributed by atoms with Gasteiger partial charge in [-0.05, 0) is 18.4 Å². The van der Waals surface area contributed by atoms with Crippen molar-refractivity contribution in [3.63, 3.8) is 0 Å². The van der Waals surface area contributed by atoms with Crippen LogP contribution in [0.5, 0.6) is 0 Å². The number of nitrogens with zero attached hydrogens (tertiary/aromatic N) is 5. The Labute approximate surface area is 185 Å². The summed E-state index contributed by atoms with van der Waals surface area (Å²) in [7, 11) is 1.58. The Kier molecular flexibility index (Phi) is 8.85. The molecule has 3 rings (SSSR count). The van der Waals surface area contributed by atoms with Crippen LogP contribution in [0.15, 0.2) is 40.7 Å². The van der Waals surface area contributed by atoms with Crippen molar-refractivity contribution in [2.45, 2.75) is 31.8 Å². The van der Waals surface area contributed by atoms with Crippen molar-refractivity contribution in [1.29, 1.82) is 0 Å². The summed E-state index contributed by atoms with van der Waals surface area (Å²) < 4.78 is 4.90. The highest BCUT2D eigenvalue weighted by molar-refractivity contribution is 7.13. The molecule has 1 unspecified atom stereocenters. The van der Waals surface area contributed by atoms with Gasteiger partial charge in [-0.1, -0.05) is 46.9 Å².